The van der Waals surface area contributed by atoms with E-state index in [-0.39, 0.29) is 16.8 Å². The predicted octanol–water partition coefficient (Wildman–Crippen LogP) is 2.81. The van der Waals surface area contributed by atoms with Gasteiger partial charge in [-0.25, -0.2) is 13.6 Å². The summed E-state index contributed by atoms with van der Waals surface area (Å²) in [6.45, 7) is 0. The minimum Gasteiger partial charge on any atom is -0.465 e. The van der Waals surface area contributed by atoms with E-state index in [1.807, 2.05) is 0 Å². The van der Waals surface area contributed by atoms with Crippen molar-refractivity contribution >= 4 is 5.97 Å². The average molecular weight is 249 g/mol. The van der Waals surface area contributed by atoms with E-state index >= 15 is 0 Å². The number of carbonyl (C=O) groups excluding carboxylic acids is 1. The fourth-order valence-electron chi connectivity index (χ4n) is 1.49. The summed E-state index contributed by atoms with van der Waals surface area (Å²) in [5.74, 6) is -2.43. The highest BCUT2D eigenvalue weighted by atomic mass is 19.2. The maximum absolute atomic E-state index is 13.5. The number of methoxy groups -OCH3 is 1. The van der Waals surface area contributed by atoms with Crippen molar-refractivity contribution in [1.82, 2.24) is 4.98 Å². The van der Waals surface area contributed by atoms with Crippen molar-refractivity contribution in [3.63, 3.8) is 0 Å². The van der Waals surface area contributed by atoms with E-state index in [1.165, 1.54) is 37.6 Å². The van der Waals surface area contributed by atoms with E-state index < -0.39 is 17.6 Å². The zero-order valence-electron chi connectivity index (χ0n) is 9.48. The first kappa shape index (κ1) is 12.2. The van der Waals surface area contributed by atoms with Crippen LogP contribution in [0.1, 0.15) is 10.4 Å². The third-order valence-electron chi connectivity index (χ3n) is 2.41. The van der Waals surface area contributed by atoms with Gasteiger partial charge in [0.15, 0.2) is 11.6 Å². The number of benzene rings is 1. The van der Waals surface area contributed by atoms with Crippen LogP contribution in [0.4, 0.5) is 8.78 Å². The number of nitrogens with zero attached hydrogens (tertiary/aromatic N) is 1. The van der Waals surface area contributed by atoms with Crippen LogP contribution in [-0.2, 0) is 4.74 Å². The molecule has 0 spiro atoms. The van der Waals surface area contributed by atoms with Gasteiger partial charge >= 0.3 is 5.97 Å². The number of hydrogen-bond acceptors (Lipinski definition) is 3. The number of carbonyl (C=O) groups is 1. The molecule has 0 bridgehead atoms. The maximum atomic E-state index is 13.5. The van der Waals surface area contributed by atoms with E-state index in [1.54, 1.807) is 0 Å². The van der Waals surface area contributed by atoms with Gasteiger partial charge < -0.3 is 4.74 Å². The first-order valence-corrected chi connectivity index (χ1v) is 5.12. The van der Waals surface area contributed by atoms with Crippen LogP contribution in [0, 0.1) is 11.6 Å². The second kappa shape index (κ2) is 4.91. The highest BCUT2D eigenvalue weighted by molar-refractivity contribution is 5.89. The van der Waals surface area contributed by atoms with Crippen LogP contribution in [0.25, 0.3) is 11.3 Å². The molecule has 0 aliphatic rings. The Bertz CT molecular complexity index is 582. The van der Waals surface area contributed by atoms with Gasteiger partial charge in [0.05, 0.1) is 18.4 Å². The van der Waals surface area contributed by atoms with Gasteiger partial charge in [-0.1, -0.05) is 6.07 Å². The molecule has 0 unspecified atom stereocenters. The molecule has 0 N–H and O–H groups in total. The Balaban J connectivity index is 2.40. The predicted molar refractivity (Wildman–Crippen MR) is 60.9 cm³/mol. The van der Waals surface area contributed by atoms with Crippen molar-refractivity contribution in [3.05, 3.63) is 53.7 Å². The summed E-state index contributed by atoms with van der Waals surface area (Å²) >= 11 is 0. The van der Waals surface area contributed by atoms with Gasteiger partial charge in [0.1, 0.15) is 0 Å². The van der Waals surface area contributed by atoms with Gasteiger partial charge in [-0.05, 0) is 24.3 Å². The van der Waals surface area contributed by atoms with Crippen LogP contribution in [0.15, 0.2) is 36.5 Å². The molecule has 1 aromatic carbocycles. The number of rotatable bonds is 2. The number of aromatic nitrogens is 1. The van der Waals surface area contributed by atoms with Gasteiger partial charge in [-0.2, -0.15) is 0 Å². The van der Waals surface area contributed by atoms with Crippen molar-refractivity contribution < 1.29 is 18.3 Å². The molecule has 92 valence electrons. The lowest BCUT2D eigenvalue weighted by Crippen LogP contribution is -2.02. The van der Waals surface area contributed by atoms with Crippen LogP contribution >= 0.6 is 0 Å². The molecule has 0 amide bonds. The molecule has 5 heteroatoms. The second-order valence-corrected chi connectivity index (χ2v) is 3.53. The van der Waals surface area contributed by atoms with Crippen molar-refractivity contribution in [2.75, 3.05) is 7.11 Å². The SMILES string of the molecule is COC(=O)c1ccc(-c2cccc(F)c2F)nc1. The van der Waals surface area contributed by atoms with E-state index in [9.17, 15) is 13.6 Å². The Kier molecular flexibility index (Phi) is 3.32. The van der Waals surface area contributed by atoms with Gasteiger partial charge in [0.2, 0.25) is 0 Å². The molecular formula is C13H9F2NO2. The Morgan fingerprint density at radius 2 is 2.00 bits per heavy atom. The zero-order chi connectivity index (χ0) is 13.1. The smallest absolute Gasteiger partial charge is 0.339 e. The van der Waals surface area contributed by atoms with E-state index in [4.69, 9.17) is 0 Å². The molecule has 2 aromatic rings. The fraction of sp³-hybridized carbons (Fsp3) is 0.0769. The summed E-state index contributed by atoms with van der Waals surface area (Å²) in [6.07, 6.45) is 1.26. The average Bonchev–Trinajstić information content (AvgIpc) is 2.41. The monoisotopic (exact) mass is 249 g/mol. The molecule has 0 saturated heterocycles. The lowest BCUT2D eigenvalue weighted by molar-refractivity contribution is 0.0600. The Labute approximate surface area is 102 Å². The third kappa shape index (κ3) is 2.20. The van der Waals surface area contributed by atoms with Crippen LogP contribution in [0.5, 0.6) is 0 Å². The minimum absolute atomic E-state index is 0.0476. The largest absolute Gasteiger partial charge is 0.465 e. The Morgan fingerprint density at radius 3 is 2.61 bits per heavy atom. The Morgan fingerprint density at radius 1 is 1.22 bits per heavy atom. The second-order valence-electron chi connectivity index (χ2n) is 3.53. The first-order chi connectivity index (χ1) is 8.63. The molecule has 18 heavy (non-hydrogen) atoms. The van der Waals surface area contributed by atoms with Crippen LogP contribution in [0.3, 0.4) is 0 Å². The van der Waals surface area contributed by atoms with E-state index in [2.05, 4.69) is 9.72 Å². The van der Waals surface area contributed by atoms with Gasteiger partial charge in [0.25, 0.3) is 0 Å². The molecule has 0 fully saturated rings. The number of pyridine rings is 1. The van der Waals surface area contributed by atoms with Crippen LogP contribution in [0.2, 0.25) is 0 Å². The molecule has 0 aliphatic carbocycles. The molecule has 0 radical (unpaired) electrons. The molecule has 0 saturated carbocycles. The van der Waals surface area contributed by atoms with Gasteiger partial charge in [0, 0.05) is 11.8 Å². The Hall–Kier alpha value is -2.30. The maximum Gasteiger partial charge on any atom is 0.339 e. The summed E-state index contributed by atoms with van der Waals surface area (Å²) in [7, 11) is 1.25. The van der Waals surface area contributed by atoms with Crippen LogP contribution < -0.4 is 0 Å². The standard InChI is InChI=1S/C13H9F2NO2/c1-18-13(17)8-5-6-11(16-7-8)9-3-2-4-10(14)12(9)15/h2-7H,1H3. The lowest BCUT2D eigenvalue weighted by Gasteiger charge is -2.04. The molecule has 2 rings (SSSR count). The summed E-state index contributed by atoms with van der Waals surface area (Å²) in [5.41, 5.74) is 0.545. The molecule has 3 nitrogen and oxygen atoms in total. The van der Waals surface area contributed by atoms with Crippen molar-refractivity contribution in [2.45, 2.75) is 0 Å². The topological polar surface area (TPSA) is 39.2 Å². The van der Waals surface area contributed by atoms with Crippen LogP contribution in [-0.4, -0.2) is 18.1 Å². The molecule has 0 aliphatic heterocycles. The summed E-state index contributed by atoms with van der Waals surface area (Å²) in [5, 5.41) is 0. The highest BCUT2D eigenvalue weighted by Gasteiger charge is 2.12. The summed E-state index contributed by atoms with van der Waals surface area (Å²) < 4.78 is 31.1. The highest BCUT2D eigenvalue weighted by Crippen LogP contribution is 2.22. The van der Waals surface area contributed by atoms with Gasteiger partial charge in [-0.15, -0.1) is 0 Å². The minimum atomic E-state index is -0.962. The fourth-order valence-corrected chi connectivity index (χ4v) is 1.49. The number of ether oxygens (including phenoxy) is 1. The number of hydrogen-bond donors (Lipinski definition) is 0. The zero-order valence-corrected chi connectivity index (χ0v) is 9.48. The quantitative estimate of drug-likeness (QED) is 0.768. The van der Waals surface area contributed by atoms with Crippen molar-refractivity contribution in [1.29, 1.82) is 0 Å². The lowest BCUT2D eigenvalue weighted by atomic mass is 10.1. The molecule has 0 atom stereocenters. The molecule has 1 heterocycles. The van der Waals surface area contributed by atoms with E-state index in [0.717, 1.165) is 6.07 Å². The van der Waals surface area contributed by atoms with Crippen molar-refractivity contribution in [2.24, 2.45) is 0 Å². The first-order valence-electron chi connectivity index (χ1n) is 5.12. The number of halogens is 2. The normalized spacial score (nSPS) is 10.2. The summed E-state index contributed by atoms with van der Waals surface area (Å²) in [6, 6.07) is 6.71. The molecule has 1 aromatic heterocycles. The van der Waals surface area contributed by atoms with Gasteiger partial charge in [-0.3, -0.25) is 4.98 Å². The third-order valence-corrected chi connectivity index (χ3v) is 2.41. The molecular weight excluding hydrogens is 240 g/mol. The summed E-state index contributed by atoms with van der Waals surface area (Å²) in [4.78, 5) is 15.1. The van der Waals surface area contributed by atoms with E-state index in [0.29, 0.717) is 0 Å². The number of esters is 1. The van der Waals surface area contributed by atoms with Crippen molar-refractivity contribution in [3.8, 4) is 11.3 Å².